The molecular weight excluding hydrogens is 374 g/mol. The van der Waals surface area contributed by atoms with Crippen molar-refractivity contribution in [1.29, 1.82) is 0 Å². The van der Waals surface area contributed by atoms with Gasteiger partial charge < -0.3 is 15.4 Å². The monoisotopic (exact) mass is 393 g/mol. The summed E-state index contributed by atoms with van der Waals surface area (Å²) in [6, 6.07) is 4.77. The van der Waals surface area contributed by atoms with Crippen LogP contribution < -0.4 is 5.73 Å². The highest BCUT2D eigenvalue weighted by Gasteiger charge is 2.72. The number of hydrogen-bond donors (Lipinski definition) is 1. The maximum Gasteiger partial charge on any atom is 0.330 e. The second-order valence-corrected chi connectivity index (χ2v) is 8.88. The third-order valence-electron chi connectivity index (χ3n) is 4.92. The second-order valence-electron chi connectivity index (χ2n) is 7.15. The fraction of sp³-hybridized carbons (Fsp3) is 0.471. The topological polar surface area (TPSA) is 133 Å². The van der Waals surface area contributed by atoms with E-state index in [-0.39, 0.29) is 12.3 Å². The summed E-state index contributed by atoms with van der Waals surface area (Å²) in [7, 11) is 0. The summed E-state index contributed by atoms with van der Waals surface area (Å²) in [5, 5.41) is 10.1. The number of fused-ring (bicyclic) bond motifs is 1. The average Bonchev–Trinajstić information content (AvgIpc) is 2.88. The first-order chi connectivity index (χ1) is 12.5. The molecular formula is C17H19N3O6S. The van der Waals surface area contributed by atoms with E-state index in [1.807, 2.05) is 0 Å². The number of amides is 1. The van der Waals surface area contributed by atoms with E-state index in [9.17, 15) is 24.5 Å². The van der Waals surface area contributed by atoms with Crippen molar-refractivity contribution in [2.24, 2.45) is 5.73 Å². The first-order valence-electron chi connectivity index (χ1n) is 8.20. The number of benzene rings is 1. The summed E-state index contributed by atoms with van der Waals surface area (Å²) in [6.45, 7) is 4.77. The molecule has 3 atom stereocenters. The van der Waals surface area contributed by atoms with Gasteiger partial charge in [-0.25, -0.2) is 4.79 Å². The van der Waals surface area contributed by atoms with Gasteiger partial charge in [-0.1, -0.05) is 0 Å². The predicted molar refractivity (Wildman–Crippen MR) is 96.6 cm³/mol. The standard InChI is InChI=1S/C17H19N3O6S/c1-9(21)17(18)14(23)19-12(16(2,3)27-15(17)19)13(22)26-8-10-4-6-11(7-5-10)20(24)25/h4-7,12,15H,8,18H2,1-3H3/t12-,15+,17?/m0/s1. The molecule has 0 saturated carbocycles. The van der Waals surface area contributed by atoms with E-state index < -0.39 is 44.3 Å². The molecule has 1 amide bonds. The van der Waals surface area contributed by atoms with Crippen molar-refractivity contribution in [2.75, 3.05) is 0 Å². The third kappa shape index (κ3) is 2.88. The van der Waals surface area contributed by atoms with Gasteiger partial charge in [-0.3, -0.25) is 19.7 Å². The zero-order chi connectivity index (χ0) is 20.1. The van der Waals surface area contributed by atoms with Crippen LogP contribution in [0.3, 0.4) is 0 Å². The molecule has 2 saturated heterocycles. The van der Waals surface area contributed by atoms with Gasteiger partial charge in [0.15, 0.2) is 11.3 Å². The van der Waals surface area contributed by atoms with Gasteiger partial charge in [0.2, 0.25) is 0 Å². The molecule has 1 aromatic rings. The van der Waals surface area contributed by atoms with Crippen LogP contribution in [-0.4, -0.2) is 49.2 Å². The van der Waals surface area contributed by atoms with Crippen molar-refractivity contribution < 1.29 is 24.0 Å². The molecule has 2 aliphatic heterocycles. The van der Waals surface area contributed by atoms with Gasteiger partial charge in [0.05, 0.1) is 4.92 Å². The predicted octanol–water partition coefficient (Wildman–Crippen LogP) is 0.987. The van der Waals surface area contributed by atoms with Gasteiger partial charge in [0, 0.05) is 16.9 Å². The Kier molecular flexibility index (Phi) is 4.51. The maximum atomic E-state index is 12.7. The summed E-state index contributed by atoms with van der Waals surface area (Å²) in [4.78, 5) is 48.4. The number of hydrogen-bond acceptors (Lipinski definition) is 8. The number of ether oxygens (including phenoxy) is 1. The maximum absolute atomic E-state index is 12.7. The Morgan fingerprint density at radius 3 is 2.44 bits per heavy atom. The second kappa shape index (κ2) is 6.31. The number of nitro benzene ring substituents is 1. The Morgan fingerprint density at radius 1 is 1.33 bits per heavy atom. The number of non-ortho nitro benzene ring substituents is 1. The highest BCUT2D eigenvalue weighted by Crippen LogP contribution is 2.54. The average molecular weight is 393 g/mol. The zero-order valence-electron chi connectivity index (χ0n) is 15.0. The number of carbonyl (C=O) groups is 3. The summed E-state index contributed by atoms with van der Waals surface area (Å²) in [5.41, 5.74) is 4.92. The number of nitro groups is 1. The van der Waals surface area contributed by atoms with Gasteiger partial charge in [-0.05, 0) is 38.5 Å². The van der Waals surface area contributed by atoms with E-state index in [1.54, 1.807) is 13.8 Å². The third-order valence-corrected chi connectivity index (χ3v) is 6.57. The fourth-order valence-electron chi connectivity index (χ4n) is 3.34. The van der Waals surface area contributed by atoms with Crippen LogP contribution in [0.4, 0.5) is 5.69 Å². The van der Waals surface area contributed by atoms with Crippen LogP contribution in [-0.2, 0) is 25.7 Å². The molecule has 0 radical (unpaired) electrons. The van der Waals surface area contributed by atoms with E-state index >= 15 is 0 Å². The number of nitrogens with two attached hydrogens (primary N) is 1. The number of β-lactam (4-membered cyclic amide) rings is 1. The van der Waals surface area contributed by atoms with Gasteiger partial charge in [0.25, 0.3) is 11.6 Å². The largest absolute Gasteiger partial charge is 0.459 e. The minimum Gasteiger partial charge on any atom is -0.459 e. The molecule has 0 aromatic heterocycles. The van der Waals surface area contributed by atoms with E-state index in [0.29, 0.717) is 5.56 Å². The van der Waals surface area contributed by atoms with Gasteiger partial charge in [-0.2, -0.15) is 0 Å². The fourth-order valence-corrected chi connectivity index (χ4v) is 5.04. The lowest BCUT2D eigenvalue weighted by Gasteiger charge is -2.49. The molecule has 2 aliphatic rings. The molecule has 10 heteroatoms. The summed E-state index contributed by atoms with van der Waals surface area (Å²) in [5.74, 6) is -1.61. The van der Waals surface area contributed by atoms with Gasteiger partial charge in [0.1, 0.15) is 18.0 Å². The van der Waals surface area contributed by atoms with Gasteiger partial charge >= 0.3 is 5.97 Å². The van der Waals surface area contributed by atoms with Crippen LogP contribution in [0.2, 0.25) is 0 Å². The van der Waals surface area contributed by atoms with E-state index in [2.05, 4.69) is 0 Å². The van der Waals surface area contributed by atoms with Crippen LogP contribution in [0.5, 0.6) is 0 Å². The van der Waals surface area contributed by atoms with E-state index in [0.717, 1.165) is 0 Å². The first kappa shape index (κ1) is 19.3. The Morgan fingerprint density at radius 2 is 1.93 bits per heavy atom. The van der Waals surface area contributed by atoms with Crippen LogP contribution in [0.1, 0.15) is 26.3 Å². The minimum absolute atomic E-state index is 0.0593. The van der Waals surface area contributed by atoms with Crippen LogP contribution in [0.15, 0.2) is 24.3 Å². The molecule has 3 rings (SSSR count). The Labute approximate surface area is 159 Å². The minimum atomic E-state index is -1.60. The number of ketones is 1. The van der Waals surface area contributed by atoms with Crippen molar-refractivity contribution in [3.8, 4) is 0 Å². The molecule has 0 aliphatic carbocycles. The van der Waals surface area contributed by atoms with Crippen molar-refractivity contribution in [3.63, 3.8) is 0 Å². The van der Waals surface area contributed by atoms with E-state index in [4.69, 9.17) is 10.5 Å². The molecule has 9 nitrogen and oxygen atoms in total. The number of rotatable bonds is 5. The Bertz CT molecular complexity index is 840. The molecule has 0 bridgehead atoms. The first-order valence-corrected chi connectivity index (χ1v) is 9.08. The lowest BCUT2D eigenvalue weighted by molar-refractivity contribution is -0.384. The van der Waals surface area contributed by atoms with Crippen LogP contribution in [0.25, 0.3) is 0 Å². The summed E-state index contributed by atoms with van der Waals surface area (Å²) in [6.07, 6.45) is 0. The molecule has 144 valence electrons. The highest BCUT2D eigenvalue weighted by atomic mass is 32.2. The van der Waals surface area contributed by atoms with Crippen molar-refractivity contribution >= 4 is 35.1 Å². The van der Waals surface area contributed by atoms with Gasteiger partial charge in [-0.15, -0.1) is 11.8 Å². The smallest absolute Gasteiger partial charge is 0.330 e. The van der Waals surface area contributed by atoms with Crippen molar-refractivity contribution in [3.05, 3.63) is 39.9 Å². The molecule has 2 heterocycles. The number of Topliss-reactive ketones (excluding diaryl/α,β-unsaturated/α-hetero) is 1. The van der Waals surface area contributed by atoms with Crippen LogP contribution >= 0.6 is 11.8 Å². The van der Waals surface area contributed by atoms with Crippen molar-refractivity contribution in [2.45, 2.75) is 49.1 Å². The lowest BCUT2D eigenvalue weighted by Crippen LogP contribution is -2.80. The quantitative estimate of drug-likeness (QED) is 0.257. The van der Waals surface area contributed by atoms with Crippen molar-refractivity contribution in [1.82, 2.24) is 4.90 Å². The molecule has 27 heavy (non-hydrogen) atoms. The molecule has 1 aromatic carbocycles. The SMILES string of the molecule is CC(=O)C1(N)C(=O)N2[C@@H](C(=O)OCc3ccc([N+](=O)[O-])cc3)C(C)(C)S[C@@H]21. The summed E-state index contributed by atoms with van der Waals surface area (Å²) < 4.78 is 4.66. The normalized spacial score (nSPS) is 28.3. The zero-order valence-corrected chi connectivity index (χ0v) is 15.8. The lowest BCUT2D eigenvalue weighted by atomic mass is 9.82. The number of carbonyl (C=O) groups excluding carboxylic acids is 3. The highest BCUT2D eigenvalue weighted by molar-refractivity contribution is 8.01. The molecule has 1 unspecified atom stereocenters. The Balaban J connectivity index is 1.72. The Hall–Kier alpha value is -2.46. The number of nitrogens with zero attached hydrogens (tertiary/aromatic N) is 2. The summed E-state index contributed by atoms with van der Waals surface area (Å²) >= 11 is 1.30. The van der Waals surface area contributed by atoms with Crippen LogP contribution in [0, 0.1) is 10.1 Å². The molecule has 2 N–H and O–H groups in total. The molecule has 0 spiro atoms. The number of esters is 1. The van der Waals surface area contributed by atoms with E-state index in [1.165, 1.54) is 47.9 Å². The molecule has 2 fully saturated rings. The number of thioether (sulfide) groups is 1.